The normalized spacial score (nSPS) is 11.8. The van der Waals surface area contributed by atoms with Crippen molar-refractivity contribution in [3.8, 4) is 5.75 Å². The number of fused-ring (bicyclic) bond motifs is 1. The summed E-state index contributed by atoms with van der Waals surface area (Å²) < 4.78 is 11.6. The number of ether oxygens (including phenoxy) is 1. The van der Waals surface area contributed by atoms with Crippen molar-refractivity contribution in [3.63, 3.8) is 0 Å². The Kier molecular flexibility index (Phi) is 3.21. The number of hydrogen-bond donors (Lipinski definition) is 0. The van der Waals surface area contributed by atoms with Gasteiger partial charge in [0.1, 0.15) is 0 Å². The Morgan fingerprint density at radius 2 is 1.94 bits per heavy atom. The second-order valence-electron chi connectivity index (χ2n) is 5.09. The zero-order valence-electron chi connectivity index (χ0n) is 10.5. The maximum absolute atomic E-state index is 12.4. The van der Waals surface area contributed by atoms with Crippen LogP contribution in [0.4, 0.5) is 0 Å². The molecule has 0 amide bonds. The van der Waals surface area contributed by atoms with Gasteiger partial charge >= 0.3 is 104 Å². The molecular weight excluding hydrogens is 323 g/mol. The van der Waals surface area contributed by atoms with Gasteiger partial charge in [-0.2, -0.15) is 0 Å². The summed E-state index contributed by atoms with van der Waals surface area (Å²) in [6.07, 6.45) is 1.65. The van der Waals surface area contributed by atoms with Crippen molar-refractivity contribution >= 4 is 32.9 Å². The van der Waals surface area contributed by atoms with E-state index in [1.54, 1.807) is 31.6 Å². The van der Waals surface area contributed by atoms with Gasteiger partial charge in [-0.25, -0.2) is 0 Å². The Balaban J connectivity index is 2.78. The molecule has 17 heavy (non-hydrogen) atoms. The molecule has 0 aliphatic rings. The summed E-state index contributed by atoms with van der Waals surface area (Å²) in [7, 11) is 1.59. The van der Waals surface area contributed by atoms with Crippen LogP contribution in [0.2, 0.25) is 14.8 Å². The van der Waals surface area contributed by atoms with Crippen molar-refractivity contribution in [2.45, 2.75) is 14.8 Å². The Morgan fingerprint density at radius 3 is 2.53 bits per heavy atom. The molecule has 90 valence electrons. The topological polar surface area (TPSA) is 39.4 Å². The van der Waals surface area contributed by atoms with Gasteiger partial charge in [-0.3, -0.25) is 0 Å². The Morgan fingerprint density at radius 1 is 1.24 bits per heavy atom. The summed E-state index contributed by atoms with van der Waals surface area (Å²) in [5.41, 5.74) is 0.725. The summed E-state index contributed by atoms with van der Waals surface area (Å²) in [5.74, 6) is 0.686. The van der Waals surface area contributed by atoms with Crippen LogP contribution in [0.15, 0.2) is 33.7 Å². The first-order valence-electron chi connectivity index (χ1n) is 5.53. The molecular formula is C13H16O3Sn. The van der Waals surface area contributed by atoms with E-state index in [9.17, 15) is 4.79 Å². The molecule has 0 aliphatic carbocycles. The fraction of sp³-hybridized carbons (Fsp3) is 0.308. The minimum absolute atomic E-state index is 0.105. The molecule has 0 radical (unpaired) electrons. The quantitative estimate of drug-likeness (QED) is 0.789. The molecule has 2 aromatic rings. The van der Waals surface area contributed by atoms with E-state index in [1.807, 2.05) is 0 Å². The van der Waals surface area contributed by atoms with Crippen LogP contribution in [0, 0.1) is 0 Å². The molecule has 0 fully saturated rings. The second kappa shape index (κ2) is 4.37. The summed E-state index contributed by atoms with van der Waals surface area (Å²) in [4.78, 5) is 19.0. The molecule has 0 spiro atoms. The van der Waals surface area contributed by atoms with Crippen LogP contribution in [0.25, 0.3) is 11.0 Å². The molecule has 0 aliphatic heterocycles. The van der Waals surface area contributed by atoms with Crippen molar-refractivity contribution in [1.82, 2.24) is 0 Å². The standard InChI is InChI=1S/C10H7O3.3CH3.Sn/c1-12-7-2-3-10-8(6-7)9(11)4-5-13-10;;;;/h2-3,5-6H,1H3;3*1H3;. The molecule has 3 nitrogen and oxygen atoms in total. The summed E-state index contributed by atoms with van der Waals surface area (Å²) >= 11 is -2.41. The minimum atomic E-state index is -2.41. The predicted molar refractivity (Wildman–Crippen MR) is 72.0 cm³/mol. The fourth-order valence-electron chi connectivity index (χ4n) is 1.75. The average Bonchev–Trinajstić information content (AvgIpc) is 2.27. The maximum atomic E-state index is 12.4. The Labute approximate surface area is 104 Å². The van der Waals surface area contributed by atoms with E-state index < -0.39 is 18.4 Å². The number of methoxy groups -OCH3 is 1. The molecule has 0 unspecified atom stereocenters. The van der Waals surface area contributed by atoms with Gasteiger partial charge in [0, 0.05) is 0 Å². The second-order valence-corrected chi connectivity index (χ2v) is 19.5. The van der Waals surface area contributed by atoms with Gasteiger partial charge in [-0.1, -0.05) is 0 Å². The van der Waals surface area contributed by atoms with Crippen molar-refractivity contribution in [3.05, 3.63) is 34.7 Å². The number of rotatable bonds is 2. The van der Waals surface area contributed by atoms with Gasteiger partial charge < -0.3 is 0 Å². The van der Waals surface area contributed by atoms with Crippen LogP contribution >= 0.6 is 0 Å². The molecule has 1 aromatic heterocycles. The molecule has 1 heterocycles. The fourth-order valence-corrected chi connectivity index (χ4v) is 5.26. The zero-order valence-corrected chi connectivity index (χ0v) is 13.4. The average molecular weight is 339 g/mol. The molecule has 0 saturated carbocycles. The molecule has 1 aromatic carbocycles. The van der Waals surface area contributed by atoms with Crippen molar-refractivity contribution in [2.75, 3.05) is 7.11 Å². The van der Waals surface area contributed by atoms with E-state index in [2.05, 4.69) is 14.8 Å². The van der Waals surface area contributed by atoms with Gasteiger partial charge in [-0.15, -0.1) is 0 Å². The van der Waals surface area contributed by atoms with Crippen molar-refractivity contribution < 1.29 is 9.15 Å². The van der Waals surface area contributed by atoms with Gasteiger partial charge in [0.05, 0.1) is 0 Å². The van der Waals surface area contributed by atoms with E-state index in [0.717, 1.165) is 3.58 Å². The van der Waals surface area contributed by atoms with Crippen LogP contribution in [-0.4, -0.2) is 25.5 Å². The van der Waals surface area contributed by atoms with E-state index in [-0.39, 0.29) is 5.43 Å². The van der Waals surface area contributed by atoms with Crippen LogP contribution in [-0.2, 0) is 0 Å². The SMILES string of the molecule is COc1ccc2oc[c]([Sn]([CH3])([CH3])[CH3])c(=O)c2c1. The molecule has 0 bridgehead atoms. The third kappa shape index (κ3) is 2.34. The Hall–Kier alpha value is -0.971. The van der Waals surface area contributed by atoms with Crippen LogP contribution in [0.1, 0.15) is 0 Å². The van der Waals surface area contributed by atoms with Crippen LogP contribution in [0.3, 0.4) is 0 Å². The first kappa shape index (κ1) is 12.5. The summed E-state index contributed by atoms with van der Waals surface area (Å²) in [5, 5.41) is 0.619. The van der Waals surface area contributed by atoms with Crippen LogP contribution < -0.4 is 13.7 Å². The molecule has 0 atom stereocenters. The van der Waals surface area contributed by atoms with Gasteiger partial charge in [0.15, 0.2) is 0 Å². The van der Waals surface area contributed by atoms with Crippen molar-refractivity contribution in [2.24, 2.45) is 0 Å². The molecule has 2 rings (SSSR count). The first-order chi connectivity index (χ1) is 7.93. The van der Waals surface area contributed by atoms with E-state index in [0.29, 0.717) is 16.7 Å². The number of hydrogen-bond acceptors (Lipinski definition) is 3. The van der Waals surface area contributed by atoms with E-state index >= 15 is 0 Å². The van der Waals surface area contributed by atoms with Gasteiger partial charge in [-0.05, 0) is 0 Å². The third-order valence-electron chi connectivity index (χ3n) is 2.79. The van der Waals surface area contributed by atoms with Crippen molar-refractivity contribution in [1.29, 1.82) is 0 Å². The Bertz CT molecular complexity index is 608. The number of benzene rings is 1. The monoisotopic (exact) mass is 340 g/mol. The summed E-state index contributed by atoms with van der Waals surface area (Å²) in [6, 6.07) is 5.32. The first-order valence-corrected chi connectivity index (χ1v) is 15.5. The van der Waals surface area contributed by atoms with E-state index in [1.165, 1.54) is 0 Å². The third-order valence-corrected chi connectivity index (χ3v) is 8.38. The molecule has 0 saturated heterocycles. The van der Waals surface area contributed by atoms with E-state index in [4.69, 9.17) is 9.15 Å². The zero-order chi connectivity index (χ0) is 12.6. The predicted octanol–water partition coefficient (Wildman–Crippen LogP) is 2.35. The molecule has 0 N–H and O–H groups in total. The van der Waals surface area contributed by atoms with Crippen LogP contribution in [0.5, 0.6) is 5.75 Å². The molecule has 4 heteroatoms. The summed E-state index contributed by atoms with van der Waals surface area (Å²) in [6.45, 7) is 0. The van der Waals surface area contributed by atoms with Gasteiger partial charge in [0.25, 0.3) is 0 Å². The van der Waals surface area contributed by atoms with Gasteiger partial charge in [0.2, 0.25) is 0 Å².